The van der Waals surface area contributed by atoms with Crippen LogP contribution >= 0.6 is 0 Å². The highest BCUT2D eigenvalue weighted by Crippen LogP contribution is 2.40. The lowest BCUT2D eigenvalue weighted by molar-refractivity contribution is -0.0892. The largest absolute Gasteiger partial charge is 0.388 e. The summed E-state index contributed by atoms with van der Waals surface area (Å²) >= 11 is 0. The molecule has 3 heteroatoms. The summed E-state index contributed by atoms with van der Waals surface area (Å²) in [6.45, 7) is 10.7. The number of fused-ring (bicyclic) bond motifs is 1. The zero-order valence-corrected chi connectivity index (χ0v) is 13.4. The van der Waals surface area contributed by atoms with Crippen molar-refractivity contribution < 1.29 is 9.84 Å². The standard InChI is InChI=1S/C18H27NO2/c1-5-7-12-21-18(6-2,15(4)20)19-14(3)13-16-10-8-9-11-17(16)19/h6,8-11,14-15,20H,2,5,7,12-13H2,1,3-4H3. The van der Waals surface area contributed by atoms with Gasteiger partial charge in [-0.3, -0.25) is 0 Å². The fourth-order valence-corrected chi connectivity index (χ4v) is 3.20. The lowest BCUT2D eigenvalue weighted by Crippen LogP contribution is -2.59. The summed E-state index contributed by atoms with van der Waals surface area (Å²) in [4.78, 5) is 2.19. The Balaban J connectivity index is 2.38. The van der Waals surface area contributed by atoms with Crippen molar-refractivity contribution in [1.29, 1.82) is 0 Å². The van der Waals surface area contributed by atoms with E-state index in [4.69, 9.17) is 4.74 Å². The summed E-state index contributed by atoms with van der Waals surface area (Å²) in [5.74, 6) is 0. The molecule has 0 saturated carbocycles. The highest BCUT2D eigenvalue weighted by Gasteiger charge is 2.45. The Bertz CT molecular complexity index is 486. The quantitative estimate of drug-likeness (QED) is 0.616. The third kappa shape index (κ3) is 2.85. The summed E-state index contributed by atoms with van der Waals surface area (Å²) in [5, 5.41) is 10.4. The van der Waals surface area contributed by atoms with Gasteiger partial charge in [0.05, 0.1) is 0 Å². The molecule has 1 aromatic carbocycles. The Kier molecular flexibility index (Phi) is 5.07. The van der Waals surface area contributed by atoms with Crippen molar-refractivity contribution in [2.45, 2.75) is 57.9 Å². The van der Waals surface area contributed by atoms with Gasteiger partial charge in [0.2, 0.25) is 0 Å². The number of benzene rings is 1. The first-order chi connectivity index (χ1) is 10.1. The second kappa shape index (κ2) is 6.63. The number of anilines is 1. The Hall–Kier alpha value is -1.32. The molecule has 0 aromatic heterocycles. The minimum absolute atomic E-state index is 0.275. The average molecular weight is 289 g/mol. The summed E-state index contributed by atoms with van der Waals surface area (Å²) in [6, 6.07) is 8.62. The van der Waals surface area contributed by atoms with Crippen molar-refractivity contribution in [2.24, 2.45) is 0 Å². The number of nitrogens with zero attached hydrogens (tertiary/aromatic N) is 1. The van der Waals surface area contributed by atoms with Gasteiger partial charge < -0.3 is 14.7 Å². The van der Waals surface area contributed by atoms with Gasteiger partial charge in [0.1, 0.15) is 6.10 Å². The van der Waals surface area contributed by atoms with Crippen LogP contribution < -0.4 is 4.90 Å². The Labute approximate surface area is 128 Å². The molecule has 3 nitrogen and oxygen atoms in total. The average Bonchev–Trinajstić information content (AvgIpc) is 2.80. The van der Waals surface area contributed by atoms with Crippen molar-refractivity contribution in [3.8, 4) is 0 Å². The summed E-state index contributed by atoms with van der Waals surface area (Å²) in [5.41, 5.74) is 1.58. The van der Waals surface area contributed by atoms with Crippen LogP contribution in [0.3, 0.4) is 0 Å². The van der Waals surface area contributed by atoms with Gasteiger partial charge in [-0.1, -0.05) is 38.1 Å². The van der Waals surface area contributed by atoms with E-state index < -0.39 is 11.8 Å². The second-order valence-electron chi connectivity index (χ2n) is 5.89. The molecule has 1 heterocycles. The molecule has 0 saturated heterocycles. The minimum Gasteiger partial charge on any atom is -0.388 e. The molecule has 0 fully saturated rings. The van der Waals surface area contributed by atoms with Gasteiger partial charge >= 0.3 is 0 Å². The van der Waals surface area contributed by atoms with Gasteiger partial charge in [0.25, 0.3) is 0 Å². The number of hydrogen-bond donors (Lipinski definition) is 1. The molecule has 0 bridgehead atoms. The predicted molar refractivity (Wildman–Crippen MR) is 87.6 cm³/mol. The van der Waals surface area contributed by atoms with E-state index >= 15 is 0 Å². The second-order valence-corrected chi connectivity index (χ2v) is 5.89. The van der Waals surface area contributed by atoms with E-state index in [-0.39, 0.29) is 6.04 Å². The van der Waals surface area contributed by atoms with Crippen molar-refractivity contribution in [1.82, 2.24) is 0 Å². The van der Waals surface area contributed by atoms with Crippen LogP contribution in [0.25, 0.3) is 0 Å². The number of aliphatic hydroxyl groups is 1. The van der Waals surface area contributed by atoms with Gasteiger partial charge in [-0.2, -0.15) is 0 Å². The predicted octanol–water partition coefficient (Wildman–Crippen LogP) is 3.52. The molecule has 2 rings (SSSR count). The zero-order valence-electron chi connectivity index (χ0n) is 13.4. The molecule has 1 N–H and O–H groups in total. The lowest BCUT2D eigenvalue weighted by atomic mass is 10.0. The van der Waals surface area contributed by atoms with Gasteiger partial charge in [-0.05, 0) is 44.4 Å². The van der Waals surface area contributed by atoms with E-state index in [1.165, 1.54) is 5.56 Å². The number of rotatable bonds is 7. The Morgan fingerprint density at radius 2 is 2.24 bits per heavy atom. The molecule has 116 valence electrons. The fraction of sp³-hybridized carbons (Fsp3) is 0.556. The first-order valence-corrected chi connectivity index (χ1v) is 7.89. The van der Waals surface area contributed by atoms with E-state index in [1.807, 2.05) is 6.07 Å². The van der Waals surface area contributed by atoms with Gasteiger partial charge in [0, 0.05) is 18.3 Å². The van der Waals surface area contributed by atoms with Crippen molar-refractivity contribution >= 4 is 5.69 Å². The maximum Gasteiger partial charge on any atom is 0.186 e. The summed E-state index contributed by atoms with van der Waals surface area (Å²) in [6.07, 6.45) is 4.12. The molecule has 0 spiro atoms. The fourth-order valence-electron chi connectivity index (χ4n) is 3.20. The molecule has 21 heavy (non-hydrogen) atoms. The monoisotopic (exact) mass is 289 g/mol. The third-order valence-electron chi connectivity index (χ3n) is 4.31. The number of ether oxygens (including phenoxy) is 1. The first-order valence-electron chi connectivity index (χ1n) is 7.89. The molecule has 1 aliphatic rings. The normalized spacial score (nSPS) is 21.7. The van der Waals surface area contributed by atoms with Crippen molar-refractivity contribution in [2.75, 3.05) is 11.5 Å². The molecule has 3 unspecified atom stereocenters. The molecule has 3 atom stereocenters. The summed E-state index contributed by atoms with van der Waals surface area (Å²) in [7, 11) is 0. The van der Waals surface area contributed by atoms with E-state index in [0.717, 1.165) is 24.9 Å². The van der Waals surface area contributed by atoms with Crippen LogP contribution in [0, 0.1) is 0 Å². The maximum absolute atomic E-state index is 10.4. The van der Waals surface area contributed by atoms with E-state index in [1.54, 1.807) is 13.0 Å². The smallest absolute Gasteiger partial charge is 0.186 e. The molecular weight excluding hydrogens is 262 g/mol. The van der Waals surface area contributed by atoms with Crippen LogP contribution in [-0.4, -0.2) is 29.6 Å². The number of para-hydroxylation sites is 1. The molecule has 1 aliphatic heterocycles. The van der Waals surface area contributed by atoms with E-state index in [2.05, 4.69) is 43.5 Å². The molecular formula is C18H27NO2. The van der Waals surface area contributed by atoms with Crippen LogP contribution in [0.5, 0.6) is 0 Å². The van der Waals surface area contributed by atoms with E-state index in [0.29, 0.717) is 6.61 Å². The van der Waals surface area contributed by atoms with Gasteiger partial charge in [-0.15, -0.1) is 0 Å². The van der Waals surface area contributed by atoms with Gasteiger partial charge in [-0.25, -0.2) is 0 Å². The zero-order chi connectivity index (χ0) is 15.5. The van der Waals surface area contributed by atoms with Crippen LogP contribution in [0.1, 0.15) is 39.2 Å². The van der Waals surface area contributed by atoms with Gasteiger partial charge in [0.15, 0.2) is 5.72 Å². The molecule has 0 radical (unpaired) electrons. The summed E-state index contributed by atoms with van der Waals surface area (Å²) < 4.78 is 6.15. The molecule has 1 aromatic rings. The molecule has 0 amide bonds. The first kappa shape index (κ1) is 16.1. The highest BCUT2D eigenvalue weighted by molar-refractivity contribution is 5.62. The Morgan fingerprint density at radius 3 is 2.86 bits per heavy atom. The van der Waals surface area contributed by atoms with Crippen molar-refractivity contribution in [3.63, 3.8) is 0 Å². The molecule has 0 aliphatic carbocycles. The van der Waals surface area contributed by atoms with Crippen LogP contribution in [0.4, 0.5) is 5.69 Å². The van der Waals surface area contributed by atoms with E-state index in [9.17, 15) is 5.11 Å². The maximum atomic E-state index is 10.4. The number of aliphatic hydroxyl groups excluding tert-OH is 1. The van der Waals surface area contributed by atoms with Crippen molar-refractivity contribution in [3.05, 3.63) is 42.5 Å². The van der Waals surface area contributed by atoms with Crippen LogP contribution in [-0.2, 0) is 11.2 Å². The Morgan fingerprint density at radius 1 is 1.52 bits per heavy atom. The van der Waals surface area contributed by atoms with Crippen LogP contribution in [0.15, 0.2) is 36.9 Å². The SMILES string of the molecule is C=CC(OCCCC)(C(C)O)N1c2ccccc2CC1C. The topological polar surface area (TPSA) is 32.7 Å². The number of unbranched alkanes of at least 4 members (excludes halogenated alkanes) is 1. The number of hydrogen-bond acceptors (Lipinski definition) is 3. The highest BCUT2D eigenvalue weighted by atomic mass is 16.5. The van der Waals surface area contributed by atoms with Crippen LogP contribution in [0.2, 0.25) is 0 Å². The third-order valence-corrected chi connectivity index (χ3v) is 4.31. The lowest BCUT2D eigenvalue weighted by Gasteiger charge is -2.45. The minimum atomic E-state index is -0.860.